The Balaban J connectivity index is 0.985. The summed E-state index contributed by atoms with van der Waals surface area (Å²) in [6.07, 6.45) is 7.07. The number of likely N-dealkylation sites (tertiary alicyclic amines) is 2. The highest BCUT2D eigenvalue weighted by atomic mass is 35.5. The van der Waals surface area contributed by atoms with Gasteiger partial charge in [0.1, 0.15) is 61.6 Å². The largest absolute Gasteiger partial charge is 0.488 e. The fraction of sp³-hybridized carbons (Fsp3) is 0.308. The highest BCUT2D eigenvalue weighted by Crippen LogP contribution is 2.38. The first-order chi connectivity index (χ1) is 32.0. The molecule has 4 heterocycles. The standard InChI is InChI=1S/C52H50Cl2N6O6/c1-33-39(31-65-51-17-49(63-29-37-13-35(19-55)21-57-23-37)41(15-47(51)53)25-59-11-9-43(61)27-59)5-3-7-45(33)46-8-4-6-40(34(46)2)32-66-52-18-50(64-30-38-14-36(20-56)22-58-24-38)42(16-48(52)54)26-60-12-10-44(62)28-60/h3-8,13-18,21-24,43-44,61-62H,9-12,25-32H2,1-2H3/t43-,44-/m1/s1. The summed E-state index contributed by atoms with van der Waals surface area (Å²) in [7, 11) is 0. The Morgan fingerprint density at radius 2 is 1.00 bits per heavy atom. The molecule has 2 aliphatic rings. The zero-order valence-corrected chi connectivity index (χ0v) is 38.4. The van der Waals surface area contributed by atoms with E-state index < -0.39 is 0 Å². The predicted octanol–water partition coefficient (Wildman–Crippen LogP) is 9.26. The van der Waals surface area contributed by atoms with Gasteiger partial charge in [0.15, 0.2) is 0 Å². The number of benzene rings is 4. The molecule has 0 aliphatic carbocycles. The quantitative estimate of drug-likeness (QED) is 0.0895. The van der Waals surface area contributed by atoms with Crippen LogP contribution >= 0.6 is 23.2 Å². The maximum Gasteiger partial charge on any atom is 0.142 e. The molecule has 8 rings (SSSR count). The van der Waals surface area contributed by atoms with Crippen LogP contribution in [-0.2, 0) is 39.5 Å². The van der Waals surface area contributed by atoms with Crippen LogP contribution in [0.25, 0.3) is 11.1 Å². The van der Waals surface area contributed by atoms with Crippen LogP contribution in [0, 0.1) is 36.5 Å². The number of aliphatic hydroxyl groups excluding tert-OH is 2. The number of hydrogen-bond acceptors (Lipinski definition) is 12. The van der Waals surface area contributed by atoms with Crippen LogP contribution in [0.3, 0.4) is 0 Å². The van der Waals surface area contributed by atoms with Gasteiger partial charge in [0.05, 0.1) is 33.4 Å². The molecular weight excluding hydrogens is 876 g/mol. The van der Waals surface area contributed by atoms with Crippen LogP contribution in [0.2, 0.25) is 10.0 Å². The second-order valence-corrected chi connectivity index (χ2v) is 17.7. The highest BCUT2D eigenvalue weighted by Gasteiger charge is 2.24. The number of pyridine rings is 2. The number of aromatic nitrogens is 2. The number of nitrogens with zero attached hydrogens (tertiary/aromatic N) is 6. The Kier molecular flexibility index (Phi) is 15.0. The fourth-order valence-electron chi connectivity index (χ4n) is 8.43. The summed E-state index contributed by atoms with van der Waals surface area (Å²) in [6, 6.07) is 27.5. The van der Waals surface area contributed by atoms with E-state index in [9.17, 15) is 20.7 Å². The molecule has 0 bridgehead atoms. The van der Waals surface area contributed by atoms with Crippen LogP contribution in [0.1, 0.15) is 68.5 Å². The van der Waals surface area contributed by atoms with Gasteiger partial charge in [-0.05, 0) is 84.3 Å². The van der Waals surface area contributed by atoms with Crippen molar-refractivity contribution in [3.8, 4) is 46.3 Å². The smallest absolute Gasteiger partial charge is 0.142 e. The van der Waals surface area contributed by atoms with E-state index in [0.717, 1.165) is 68.7 Å². The average Bonchev–Trinajstić information content (AvgIpc) is 3.94. The van der Waals surface area contributed by atoms with Crippen LogP contribution in [0.15, 0.2) is 97.6 Å². The molecule has 2 N–H and O–H groups in total. The van der Waals surface area contributed by atoms with Gasteiger partial charge in [-0.1, -0.05) is 59.6 Å². The van der Waals surface area contributed by atoms with Gasteiger partial charge in [-0.15, -0.1) is 0 Å². The van der Waals surface area contributed by atoms with Crippen molar-refractivity contribution in [2.24, 2.45) is 0 Å². The maximum absolute atomic E-state index is 10.2. The zero-order valence-electron chi connectivity index (χ0n) is 36.8. The SMILES string of the molecule is Cc1c(COc2cc(OCc3cncc(C#N)c3)c(CN3CC[C@@H](O)C3)cc2Cl)cccc1-c1cccc(COc2cc(OCc3cncc(C#N)c3)c(CN3CC[C@@H](O)C3)cc2Cl)c1C. The fourth-order valence-corrected chi connectivity index (χ4v) is 8.92. The van der Waals surface area contributed by atoms with Crippen LogP contribution < -0.4 is 18.9 Å². The summed E-state index contributed by atoms with van der Waals surface area (Å²) >= 11 is 13.8. The molecule has 6 aromatic rings. The zero-order chi connectivity index (χ0) is 46.2. The van der Waals surface area contributed by atoms with Crippen molar-refractivity contribution in [2.75, 3.05) is 26.2 Å². The van der Waals surface area contributed by atoms with E-state index in [2.05, 4.69) is 57.9 Å². The third-order valence-electron chi connectivity index (χ3n) is 12.1. The van der Waals surface area contributed by atoms with Gasteiger partial charge < -0.3 is 29.2 Å². The van der Waals surface area contributed by atoms with E-state index in [-0.39, 0.29) is 38.6 Å². The van der Waals surface area contributed by atoms with E-state index >= 15 is 0 Å². The summed E-state index contributed by atoms with van der Waals surface area (Å²) in [5, 5.41) is 40.0. The molecule has 2 atom stereocenters. The van der Waals surface area contributed by atoms with Gasteiger partial charge in [-0.25, -0.2) is 0 Å². The van der Waals surface area contributed by atoms with Gasteiger partial charge in [-0.2, -0.15) is 10.5 Å². The average molecular weight is 926 g/mol. The van der Waals surface area contributed by atoms with E-state index in [1.165, 1.54) is 12.4 Å². The number of rotatable bonds is 17. The molecule has 0 radical (unpaired) electrons. The minimum atomic E-state index is -0.365. The normalized spacial score (nSPS) is 16.2. The second kappa shape index (κ2) is 21.4. The number of β-amino-alcohol motifs (C(OH)–C–C–N with tert-alkyl or cyclic N) is 2. The minimum absolute atomic E-state index is 0.197. The molecule has 0 saturated carbocycles. The molecule has 2 fully saturated rings. The van der Waals surface area contributed by atoms with Crippen molar-refractivity contribution >= 4 is 23.2 Å². The van der Waals surface area contributed by atoms with Crippen LogP contribution in [-0.4, -0.2) is 68.4 Å². The number of hydrogen-bond donors (Lipinski definition) is 2. The van der Waals surface area contributed by atoms with E-state index in [1.807, 2.05) is 48.5 Å². The lowest BCUT2D eigenvalue weighted by molar-refractivity contribution is 0.173. The summed E-state index contributed by atoms with van der Waals surface area (Å²) in [6.45, 7) is 8.84. The summed E-state index contributed by atoms with van der Waals surface area (Å²) in [5.74, 6) is 2.14. The first-order valence-electron chi connectivity index (χ1n) is 21.9. The molecule has 2 saturated heterocycles. The first-order valence-corrected chi connectivity index (χ1v) is 22.6. The molecule has 2 aliphatic heterocycles. The van der Waals surface area contributed by atoms with Crippen molar-refractivity contribution < 1.29 is 29.2 Å². The maximum atomic E-state index is 10.2. The van der Waals surface area contributed by atoms with Gasteiger partial charge >= 0.3 is 0 Å². The number of aliphatic hydroxyl groups is 2. The Hall–Kier alpha value is -6.22. The minimum Gasteiger partial charge on any atom is -0.488 e. The Morgan fingerprint density at radius 1 is 0.576 bits per heavy atom. The molecular formula is C52H50Cl2N6O6. The topological polar surface area (TPSA) is 157 Å². The molecule has 4 aromatic carbocycles. The van der Waals surface area contributed by atoms with Gasteiger partial charge in [0, 0.05) is 98.4 Å². The van der Waals surface area contributed by atoms with Gasteiger partial charge in [0.2, 0.25) is 0 Å². The van der Waals surface area contributed by atoms with E-state index in [4.69, 9.17) is 42.1 Å². The van der Waals surface area contributed by atoms with Crippen molar-refractivity contribution in [3.05, 3.63) is 163 Å². The molecule has 2 aromatic heterocycles. The molecule has 0 amide bonds. The lowest BCUT2D eigenvalue weighted by Crippen LogP contribution is -2.22. The highest BCUT2D eigenvalue weighted by molar-refractivity contribution is 6.32. The Labute approximate surface area is 395 Å². The molecule has 0 unspecified atom stereocenters. The van der Waals surface area contributed by atoms with Crippen LogP contribution in [0.4, 0.5) is 0 Å². The second-order valence-electron chi connectivity index (χ2n) is 16.9. The molecule has 0 spiro atoms. The number of halogens is 2. The van der Waals surface area contributed by atoms with E-state index in [1.54, 1.807) is 24.5 Å². The molecule has 12 nitrogen and oxygen atoms in total. The van der Waals surface area contributed by atoms with E-state index in [0.29, 0.717) is 83.2 Å². The van der Waals surface area contributed by atoms with Gasteiger partial charge in [-0.3, -0.25) is 19.8 Å². The van der Waals surface area contributed by atoms with Gasteiger partial charge in [0.25, 0.3) is 0 Å². The number of ether oxygens (including phenoxy) is 4. The molecule has 66 heavy (non-hydrogen) atoms. The summed E-state index contributed by atoms with van der Waals surface area (Å²) in [4.78, 5) is 12.7. The molecule has 338 valence electrons. The summed E-state index contributed by atoms with van der Waals surface area (Å²) < 4.78 is 25.6. The Morgan fingerprint density at radius 3 is 1.39 bits per heavy atom. The van der Waals surface area contributed by atoms with Crippen molar-refractivity contribution in [1.29, 1.82) is 10.5 Å². The first kappa shape index (κ1) is 46.3. The van der Waals surface area contributed by atoms with Crippen LogP contribution in [0.5, 0.6) is 23.0 Å². The Bertz CT molecular complexity index is 2600. The summed E-state index contributed by atoms with van der Waals surface area (Å²) in [5.41, 5.74) is 10.4. The van der Waals surface area contributed by atoms with Crippen molar-refractivity contribution in [1.82, 2.24) is 19.8 Å². The van der Waals surface area contributed by atoms with Crippen molar-refractivity contribution in [2.45, 2.75) is 78.4 Å². The predicted molar refractivity (Wildman–Crippen MR) is 251 cm³/mol. The number of nitriles is 2. The lowest BCUT2D eigenvalue weighted by Gasteiger charge is -2.21. The monoisotopic (exact) mass is 924 g/mol. The third kappa shape index (κ3) is 11.4. The lowest BCUT2D eigenvalue weighted by atomic mass is 9.92. The molecule has 14 heteroatoms. The van der Waals surface area contributed by atoms with Crippen molar-refractivity contribution in [3.63, 3.8) is 0 Å². The third-order valence-corrected chi connectivity index (χ3v) is 12.7.